The highest BCUT2D eigenvalue weighted by Gasteiger charge is 2.32. The lowest BCUT2D eigenvalue weighted by Gasteiger charge is -2.37. The van der Waals surface area contributed by atoms with Gasteiger partial charge in [0.25, 0.3) is 5.91 Å². The molecule has 0 atom stereocenters. The van der Waals surface area contributed by atoms with Crippen LogP contribution in [0.2, 0.25) is 10.0 Å². The minimum absolute atomic E-state index is 0. The van der Waals surface area contributed by atoms with Crippen molar-refractivity contribution in [1.29, 1.82) is 0 Å². The van der Waals surface area contributed by atoms with Crippen molar-refractivity contribution in [2.75, 3.05) is 33.4 Å². The Bertz CT molecular complexity index is 500. The summed E-state index contributed by atoms with van der Waals surface area (Å²) < 4.78 is 5.34. The molecule has 4 nitrogen and oxygen atoms in total. The number of piperidine rings is 1. The number of hydrogen-bond acceptors (Lipinski definition) is 3. The average Bonchev–Trinajstić information content (AvgIpc) is 2.46. The number of hydrogen-bond donors (Lipinski definition) is 2. The summed E-state index contributed by atoms with van der Waals surface area (Å²) in [6, 6.07) is 4.89. The first-order valence-electron chi connectivity index (χ1n) is 6.99. The molecule has 1 heterocycles. The Morgan fingerprint density at radius 1 is 1.36 bits per heavy atom. The SMILES string of the molecule is COCC1(CNC(=O)c2ccc(Cl)cc2Cl)CCNCC1.Cl. The Morgan fingerprint density at radius 2 is 2.05 bits per heavy atom. The highest BCUT2D eigenvalue weighted by atomic mass is 35.5. The normalized spacial score (nSPS) is 16.7. The zero-order valence-corrected chi connectivity index (χ0v) is 14.8. The van der Waals surface area contributed by atoms with Crippen LogP contribution in [0.15, 0.2) is 18.2 Å². The second kappa shape index (κ2) is 8.94. The molecule has 0 bridgehead atoms. The molecule has 1 aliphatic heterocycles. The van der Waals surface area contributed by atoms with Gasteiger partial charge in [0.15, 0.2) is 0 Å². The van der Waals surface area contributed by atoms with Crippen LogP contribution in [0.1, 0.15) is 23.2 Å². The zero-order valence-electron chi connectivity index (χ0n) is 12.5. The summed E-state index contributed by atoms with van der Waals surface area (Å²) in [6.07, 6.45) is 1.96. The van der Waals surface area contributed by atoms with E-state index in [0.29, 0.717) is 28.8 Å². The van der Waals surface area contributed by atoms with Crippen molar-refractivity contribution in [3.8, 4) is 0 Å². The maximum absolute atomic E-state index is 12.3. The molecule has 2 rings (SSSR count). The summed E-state index contributed by atoms with van der Waals surface area (Å²) in [4.78, 5) is 12.3. The number of carbonyl (C=O) groups is 1. The number of amides is 1. The van der Waals surface area contributed by atoms with Gasteiger partial charge in [0.05, 0.1) is 17.2 Å². The van der Waals surface area contributed by atoms with Gasteiger partial charge in [-0.15, -0.1) is 12.4 Å². The van der Waals surface area contributed by atoms with E-state index in [1.807, 2.05) is 0 Å². The summed E-state index contributed by atoms with van der Waals surface area (Å²) in [5, 5.41) is 7.19. The third-order valence-electron chi connectivity index (χ3n) is 3.91. The van der Waals surface area contributed by atoms with Crippen LogP contribution in [0.4, 0.5) is 0 Å². The summed E-state index contributed by atoms with van der Waals surface area (Å²) in [5.74, 6) is -0.175. The Morgan fingerprint density at radius 3 is 2.64 bits per heavy atom. The molecular weight excluding hydrogens is 347 g/mol. The quantitative estimate of drug-likeness (QED) is 0.840. The molecule has 1 aliphatic rings. The van der Waals surface area contributed by atoms with Gasteiger partial charge in [0.1, 0.15) is 0 Å². The summed E-state index contributed by atoms with van der Waals surface area (Å²) in [6.45, 7) is 3.12. The molecule has 1 aromatic carbocycles. The fraction of sp³-hybridized carbons (Fsp3) is 0.533. The number of methoxy groups -OCH3 is 1. The van der Waals surface area contributed by atoms with Crippen molar-refractivity contribution in [2.45, 2.75) is 12.8 Å². The minimum atomic E-state index is -0.175. The van der Waals surface area contributed by atoms with E-state index in [1.165, 1.54) is 0 Å². The van der Waals surface area contributed by atoms with Crippen LogP contribution in [0, 0.1) is 5.41 Å². The second-order valence-electron chi connectivity index (χ2n) is 5.49. The van der Waals surface area contributed by atoms with E-state index < -0.39 is 0 Å². The fourth-order valence-corrected chi connectivity index (χ4v) is 3.17. The van der Waals surface area contributed by atoms with Crippen LogP contribution in [0.25, 0.3) is 0 Å². The van der Waals surface area contributed by atoms with E-state index in [2.05, 4.69) is 10.6 Å². The largest absolute Gasteiger partial charge is 0.384 e. The Labute approximate surface area is 147 Å². The van der Waals surface area contributed by atoms with E-state index in [0.717, 1.165) is 25.9 Å². The molecule has 1 aromatic rings. The molecule has 2 N–H and O–H groups in total. The zero-order chi connectivity index (χ0) is 15.3. The van der Waals surface area contributed by atoms with E-state index in [4.69, 9.17) is 27.9 Å². The van der Waals surface area contributed by atoms with Gasteiger partial charge in [-0.05, 0) is 44.1 Å². The van der Waals surface area contributed by atoms with Crippen LogP contribution < -0.4 is 10.6 Å². The number of nitrogens with one attached hydrogen (secondary N) is 2. The first-order valence-corrected chi connectivity index (χ1v) is 7.75. The predicted octanol–water partition coefficient (Wildman–Crippen LogP) is 3.16. The smallest absolute Gasteiger partial charge is 0.252 e. The van der Waals surface area contributed by atoms with Crippen LogP contribution in [-0.2, 0) is 4.74 Å². The van der Waals surface area contributed by atoms with Gasteiger partial charge in [0.2, 0.25) is 0 Å². The van der Waals surface area contributed by atoms with Gasteiger partial charge < -0.3 is 15.4 Å². The number of halogens is 3. The van der Waals surface area contributed by atoms with Gasteiger partial charge in [0, 0.05) is 24.1 Å². The van der Waals surface area contributed by atoms with Crippen molar-refractivity contribution >= 4 is 41.5 Å². The first-order chi connectivity index (χ1) is 10.1. The van der Waals surface area contributed by atoms with Crippen LogP contribution >= 0.6 is 35.6 Å². The molecule has 1 fully saturated rings. The minimum Gasteiger partial charge on any atom is -0.384 e. The number of rotatable bonds is 5. The monoisotopic (exact) mass is 366 g/mol. The topological polar surface area (TPSA) is 50.4 Å². The molecule has 1 amide bonds. The van der Waals surface area contributed by atoms with Gasteiger partial charge in [-0.25, -0.2) is 0 Å². The Kier molecular flexibility index (Phi) is 7.94. The third kappa shape index (κ3) is 5.00. The van der Waals surface area contributed by atoms with Gasteiger partial charge in [-0.2, -0.15) is 0 Å². The molecule has 0 spiro atoms. The molecule has 0 radical (unpaired) electrons. The highest BCUT2D eigenvalue weighted by molar-refractivity contribution is 6.36. The van der Waals surface area contributed by atoms with Crippen LogP contribution in [-0.4, -0.2) is 39.3 Å². The van der Waals surface area contributed by atoms with Gasteiger partial charge in [-0.1, -0.05) is 23.2 Å². The van der Waals surface area contributed by atoms with E-state index >= 15 is 0 Å². The van der Waals surface area contributed by atoms with Crippen molar-refractivity contribution in [3.05, 3.63) is 33.8 Å². The van der Waals surface area contributed by atoms with Crippen LogP contribution in [0.3, 0.4) is 0 Å². The van der Waals surface area contributed by atoms with E-state index in [-0.39, 0.29) is 23.7 Å². The summed E-state index contributed by atoms with van der Waals surface area (Å²) in [7, 11) is 1.70. The van der Waals surface area contributed by atoms with E-state index in [1.54, 1.807) is 25.3 Å². The summed E-state index contributed by atoms with van der Waals surface area (Å²) in [5.41, 5.74) is 0.441. The number of ether oxygens (including phenoxy) is 1. The van der Waals surface area contributed by atoms with Crippen molar-refractivity contribution in [2.24, 2.45) is 5.41 Å². The second-order valence-corrected chi connectivity index (χ2v) is 6.33. The van der Waals surface area contributed by atoms with Crippen molar-refractivity contribution in [1.82, 2.24) is 10.6 Å². The predicted molar refractivity (Wildman–Crippen MR) is 92.5 cm³/mol. The van der Waals surface area contributed by atoms with Crippen molar-refractivity contribution in [3.63, 3.8) is 0 Å². The number of carbonyl (C=O) groups excluding carboxylic acids is 1. The number of benzene rings is 1. The molecule has 7 heteroatoms. The molecule has 124 valence electrons. The molecule has 22 heavy (non-hydrogen) atoms. The lowest BCUT2D eigenvalue weighted by molar-refractivity contribution is 0.0512. The Hall–Kier alpha value is -0.520. The third-order valence-corrected chi connectivity index (χ3v) is 4.46. The van der Waals surface area contributed by atoms with Gasteiger partial charge in [-0.3, -0.25) is 4.79 Å². The van der Waals surface area contributed by atoms with Gasteiger partial charge >= 0.3 is 0 Å². The maximum Gasteiger partial charge on any atom is 0.252 e. The molecular formula is C15H21Cl3N2O2. The molecule has 0 aliphatic carbocycles. The first kappa shape index (κ1) is 19.5. The molecule has 0 aromatic heterocycles. The highest BCUT2D eigenvalue weighted by Crippen LogP contribution is 2.28. The van der Waals surface area contributed by atoms with Crippen molar-refractivity contribution < 1.29 is 9.53 Å². The standard InChI is InChI=1S/C15H20Cl2N2O2.ClH/c1-21-10-15(4-6-18-7-5-15)9-19-14(20)12-3-2-11(16)8-13(12)17;/h2-3,8,18H,4-7,9-10H2,1H3,(H,19,20);1H. The lowest BCUT2D eigenvalue weighted by atomic mass is 9.79. The fourth-order valence-electron chi connectivity index (χ4n) is 2.67. The molecule has 0 saturated carbocycles. The van der Waals surface area contributed by atoms with Crippen LogP contribution in [0.5, 0.6) is 0 Å². The average molecular weight is 368 g/mol. The Balaban J connectivity index is 0.00000242. The van der Waals surface area contributed by atoms with E-state index in [9.17, 15) is 4.79 Å². The lowest BCUT2D eigenvalue weighted by Crippen LogP contribution is -2.47. The molecule has 0 unspecified atom stereocenters. The maximum atomic E-state index is 12.3. The summed E-state index contributed by atoms with van der Waals surface area (Å²) >= 11 is 11.9. The molecule has 1 saturated heterocycles.